The number of fused-ring (bicyclic) bond motifs is 1. The van der Waals surface area contributed by atoms with Crippen molar-refractivity contribution in [3.8, 4) is 11.5 Å². The van der Waals surface area contributed by atoms with E-state index in [0.29, 0.717) is 23.4 Å². The lowest BCUT2D eigenvalue weighted by Gasteiger charge is -2.44. The lowest BCUT2D eigenvalue weighted by molar-refractivity contribution is -0.140. The molecule has 2 aromatic carbocycles. The largest absolute Gasteiger partial charge is 0.482 e. The predicted octanol–water partition coefficient (Wildman–Crippen LogP) is 13.7. The predicted molar refractivity (Wildman–Crippen MR) is 309 cm³/mol. The third-order valence-electron chi connectivity index (χ3n) is 11.1. The third kappa shape index (κ3) is 28.3. The van der Waals surface area contributed by atoms with Crippen LogP contribution < -0.4 is 31.6 Å². The van der Waals surface area contributed by atoms with Crippen LogP contribution >= 0.6 is 23.5 Å². The number of ether oxygens (including phenoxy) is 2. The summed E-state index contributed by atoms with van der Waals surface area (Å²) >= 11 is 3.99. The number of thioether (sulfide) groups is 2. The van der Waals surface area contributed by atoms with Gasteiger partial charge < -0.3 is 46.6 Å². The first-order valence-corrected chi connectivity index (χ1v) is 27.4. The summed E-state index contributed by atoms with van der Waals surface area (Å²) in [7, 11) is 1.50. The minimum absolute atomic E-state index is 0.0156. The van der Waals surface area contributed by atoms with Gasteiger partial charge in [0.05, 0.1) is 5.56 Å². The number of aldehydes is 1. The fourth-order valence-electron chi connectivity index (χ4n) is 8.77. The highest BCUT2D eigenvalue weighted by Gasteiger charge is 2.40. The number of primary amides is 1. The van der Waals surface area contributed by atoms with Crippen LogP contribution in [0.5, 0.6) is 11.5 Å². The van der Waals surface area contributed by atoms with Crippen molar-refractivity contribution < 1.29 is 43.7 Å². The van der Waals surface area contributed by atoms with Crippen LogP contribution in [0.15, 0.2) is 42.5 Å². The van der Waals surface area contributed by atoms with Crippen LogP contribution in [0.2, 0.25) is 0 Å². The molecular weight excluding hydrogens is 949 g/mol. The van der Waals surface area contributed by atoms with E-state index in [0.717, 1.165) is 49.1 Å². The molecule has 0 saturated heterocycles. The highest BCUT2D eigenvalue weighted by atomic mass is 32.2. The van der Waals surface area contributed by atoms with Crippen LogP contribution in [0.25, 0.3) is 5.57 Å². The molecule has 414 valence electrons. The Morgan fingerprint density at radius 3 is 1.69 bits per heavy atom. The number of carbonyl (C=O) groups is 5. The molecule has 15 heteroatoms. The van der Waals surface area contributed by atoms with Crippen molar-refractivity contribution in [2.24, 2.45) is 17.4 Å². The number of nitrogens with two attached hydrogens (primary N) is 2. The molecule has 0 saturated carbocycles. The molecule has 3 rings (SSSR count). The van der Waals surface area contributed by atoms with Crippen molar-refractivity contribution in [2.45, 2.75) is 220 Å². The summed E-state index contributed by atoms with van der Waals surface area (Å²) < 4.78 is 11.1. The van der Waals surface area contributed by atoms with E-state index in [9.17, 15) is 29.1 Å². The number of anilines is 2. The van der Waals surface area contributed by atoms with Gasteiger partial charge in [-0.05, 0) is 89.6 Å². The number of amides is 1. The Bertz CT molecular complexity index is 1960. The molecular formula is C57H100N4O9S2. The first-order chi connectivity index (χ1) is 33.4. The van der Waals surface area contributed by atoms with Crippen molar-refractivity contribution in [3.63, 3.8) is 0 Å². The molecule has 0 fully saturated rings. The molecule has 1 amide bonds. The van der Waals surface area contributed by atoms with E-state index in [2.05, 4.69) is 120 Å². The Hall–Kier alpha value is -4.21. The van der Waals surface area contributed by atoms with E-state index in [1.54, 1.807) is 25.1 Å². The van der Waals surface area contributed by atoms with Crippen molar-refractivity contribution >= 4 is 70.4 Å². The van der Waals surface area contributed by atoms with E-state index in [4.69, 9.17) is 20.3 Å². The summed E-state index contributed by atoms with van der Waals surface area (Å²) in [6.45, 7) is 42.3. The lowest BCUT2D eigenvalue weighted by Crippen LogP contribution is -2.43. The highest BCUT2D eigenvalue weighted by Crippen LogP contribution is 2.50. The molecule has 0 radical (unpaired) electrons. The Morgan fingerprint density at radius 1 is 0.792 bits per heavy atom. The van der Waals surface area contributed by atoms with Crippen LogP contribution in [-0.4, -0.2) is 91.0 Å². The Morgan fingerprint density at radius 2 is 1.26 bits per heavy atom. The van der Waals surface area contributed by atoms with Crippen LogP contribution in [0.1, 0.15) is 200 Å². The van der Waals surface area contributed by atoms with Crippen molar-refractivity contribution in [3.05, 3.63) is 53.6 Å². The number of ketones is 1. The Balaban J connectivity index is -0.00000125. The molecule has 8 N–H and O–H groups in total. The summed E-state index contributed by atoms with van der Waals surface area (Å²) in [6, 6.07) is 10.9. The van der Waals surface area contributed by atoms with Crippen molar-refractivity contribution in [2.75, 3.05) is 30.9 Å². The maximum atomic E-state index is 12.8. The van der Waals surface area contributed by atoms with Crippen LogP contribution in [-0.2, 0) is 24.0 Å². The van der Waals surface area contributed by atoms with Gasteiger partial charge in [-0.3, -0.25) is 9.59 Å². The SMILES string of the molecule is C/C=C(\C(=O)C(N)=O)c1c(NC(C)(CC)CC(C)(C)SC(C)(C)CC(C)(C)SC(C)(C)C)cccc1OCC(=O)O.CC.CC.CC1CC(CC=O)c2c(cccc2OCC(=O)O)N1.CCC(C)CC.CN. The zero-order valence-electron chi connectivity index (χ0n) is 48.4. The van der Waals surface area contributed by atoms with E-state index >= 15 is 0 Å². The van der Waals surface area contributed by atoms with Gasteiger partial charge in [0.2, 0.25) is 5.78 Å². The summed E-state index contributed by atoms with van der Waals surface area (Å²) in [5, 5.41) is 24.9. The average Bonchev–Trinajstić information content (AvgIpc) is 3.28. The number of allylic oxidation sites excluding steroid dienone is 1. The van der Waals surface area contributed by atoms with Gasteiger partial charge in [-0.15, -0.1) is 23.5 Å². The van der Waals surface area contributed by atoms with E-state index in [1.807, 2.05) is 69.4 Å². The van der Waals surface area contributed by atoms with Crippen LogP contribution in [0.3, 0.4) is 0 Å². The van der Waals surface area contributed by atoms with E-state index in [-0.39, 0.29) is 48.9 Å². The first-order valence-electron chi connectivity index (χ1n) is 25.8. The molecule has 72 heavy (non-hydrogen) atoms. The van der Waals surface area contributed by atoms with E-state index in [1.165, 1.54) is 26.0 Å². The maximum absolute atomic E-state index is 12.8. The van der Waals surface area contributed by atoms with Gasteiger partial charge in [0.25, 0.3) is 5.91 Å². The summed E-state index contributed by atoms with van der Waals surface area (Å²) in [5.41, 5.74) is 12.2. The summed E-state index contributed by atoms with van der Waals surface area (Å²) in [6.07, 6.45) is 8.94. The maximum Gasteiger partial charge on any atom is 0.341 e. The third-order valence-corrected chi connectivity index (χ3v) is 13.8. The van der Waals surface area contributed by atoms with Gasteiger partial charge >= 0.3 is 11.9 Å². The number of hydrogen-bond donors (Lipinski definition) is 6. The molecule has 13 nitrogen and oxygen atoms in total. The second-order valence-corrected chi connectivity index (χ2v) is 25.4. The van der Waals surface area contributed by atoms with Gasteiger partial charge in [-0.25, -0.2) is 9.59 Å². The molecule has 1 heterocycles. The second-order valence-electron chi connectivity index (χ2n) is 20.4. The number of hydrogen-bond acceptors (Lipinski definition) is 12. The highest BCUT2D eigenvalue weighted by molar-refractivity contribution is 8.02. The molecule has 0 bridgehead atoms. The monoisotopic (exact) mass is 1050 g/mol. The molecule has 3 unspecified atom stereocenters. The zero-order valence-corrected chi connectivity index (χ0v) is 50.1. The average molecular weight is 1050 g/mol. The number of rotatable bonds is 23. The van der Waals surface area contributed by atoms with Gasteiger partial charge in [-0.2, -0.15) is 0 Å². The number of carboxylic acid groups (broad SMARTS) is 2. The van der Waals surface area contributed by atoms with Gasteiger partial charge in [0.15, 0.2) is 13.2 Å². The number of carbonyl (C=O) groups excluding carboxylic acids is 3. The fourth-order valence-corrected chi connectivity index (χ4v) is 13.3. The quantitative estimate of drug-likeness (QED) is 0.0346. The van der Waals surface area contributed by atoms with Crippen molar-refractivity contribution in [1.29, 1.82) is 0 Å². The van der Waals surface area contributed by atoms with Gasteiger partial charge in [0, 0.05) is 59.5 Å². The number of carboxylic acids is 2. The Kier molecular flexibility index (Phi) is 35.1. The van der Waals surface area contributed by atoms with Crippen LogP contribution in [0.4, 0.5) is 11.4 Å². The summed E-state index contributed by atoms with van der Waals surface area (Å²) in [5.74, 6) is -2.38. The molecule has 1 aliphatic heterocycles. The summed E-state index contributed by atoms with van der Waals surface area (Å²) in [4.78, 5) is 57.3. The second kappa shape index (κ2) is 35.1. The fraction of sp³-hybridized carbons (Fsp3) is 0.667. The van der Waals surface area contributed by atoms with E-state index < -0.39 is 35.8 Å². The number of benzene rings is 2. The molecule has 0 aliphatic carbocycles. The smallest absolute Gasteiger partial charge is 0.341 e. The number of nitrogens with one attached hydrogen (secondary N) is 2. The lowest BCUT2D eigenvalue weighted by atomic mass is 9.85. The molecule has 0 spiro atoms. The first kappa shape index (κ1) is 72.0. The van der Waals surface area contributed by atoms with Crippen molar-refractivity contribution in [1.82, 2.24) is 0 Å². The zero-order chi connectivity index (χ0) is 56.8. The number of aliphatic carboxylic acids is 2. The molecule has 0 aromatic heterocycles. The molecule has 2 aromatic rings. The van der Waals surface area contributed by atoms with Crippen LogP contribution in [0, 0.1) is 5.92 Å². The van der Waals surface area contributed by atoms with Gasteiger partial charge in [0.1, 0.15) is 17.8 Å². The normalized spacial score (nSPS) is 15.1. The minimum atomic E-state index is -1.15. The molecule has 3 atom stereocenters. The van der Waals surface area contributed by atoms with Gasteiger partial charge in [-0.1, -0.05) is 149 Å². The topological polar surface area (TPSA) is 220 Å². The standard InChI is InChI=1S/C32H52N2O5S2.C14H17NO4.C6H14.2C2H6.CH5N/c1-13-21(26(37)27(33)38)25-22(16-15-17-23(25)39-18-24(35)36)34-32(12,14-2)20-31(10,11)41-30(8,9)19-29(6,7)40-28(3,4)5;1-9-7-10(5-6-16)14-11(15-9)3-2-4-12(14)19-8-13(17)18;1-4-6(3)5-2;3*1-2/h13,15-17,34H,14,18-20H2,1-12H3,(H2,33,38)(H,35,36);2-4,6,9-10,15H,5,7-8H2,1H3,(H,17,18);6H,4-5H2,1-3H3;2*1-2H3;2H2,1H3/b21-13-;;;;;. The minimum Gasteiger partial charge on any atom is -0.482 e. The Labute approximate surface area is 445 Å². The molecule has 1 aliphatic rings. The number of Topliss-reactive ketones (excluding diaryl/α,β-unsaturated/α-hetero) is 1.